The molecule has 2 heterocycles. The number of benzene rings is 3. The number of alkyl halides is 3. The maximum absolute atomic E-state index is 13.0. The van der Waals surface area contributed by atoms with Crippen LogP contribution in [-0.2, 0) is 12.7 Å². The Morgan fingerprint density at radius 3 is 2.29 bits per heavy atom. The minimum absolute atomic E-state index is 0.405. The fourth-order valence-corrected chi connectivity index (χ4v) is 4.62. The lowest BCUT2D eigenvalue weighted by atomic mass is 10.1. The first kappa shape index (κ1) is 19.8. The number of hydrogen-bond acceptors (Lipinski definition) is 3. The summed E-state index contributed by atoms with van der Waals surface area (Å²) in [6.07, 6.45) is -4.35. The van der Waals surface area contributed by atoms with Crippen LogP contribution in [0.1, 0.15) is 22.3 Å². The molecule has 0 fully saturated rings. The Morgan fingerprint density at radius 2 is 1.58 bits per heavy atom. The van der Waals surface area contributed by atoms with Crippen molar-refractivity contribution < 1.29 is 13.2 Å². The lowest BCUT2D eigenvalue weighted by Crippen LogP contribution is -2.06. The van der Waals surface area contributed by atoms with Crippen molar-refractivity contribution >= 4 is 32.6 Å². The lowest BCUT2D eigenvalue weighted by Gasteiger charge is -2.11. The van der Waals surface area contributed by atoms with Gasteiger partial charge in [0, 0.05) is 6.54 Å². The lowest BCUT2D eigenvalue weighted by molar-refractivity contribution is -0.137. The van der Waals surface area contributed by atoms with Gasteiger partial charge in [-0.1, -0.05) is 24.3 Å². The van der Waals surface area contributed by atoms with Crippen LogP contribution in [0, 0.1) is 13.8 Å². The monoisotopic (exact) mass is 437 g/mol. The summed E-state index contributed by atoms with van der Waals surface area (Å²) in [6.45, 7) is 4.49. The van der Waals surface area contributed by atoms with E-state index in [9.17, 15) is 13.2 Å². The molecule has 0 aliphatic rings. The highest BCUT2D eigenvalue weighted by Crippen LogP contribution is 2.34. The number of aryl methyl sites for hydroxylation is 2. The SMILES string of the molecule is Cc1cc2nc(-c3nc4ccccc4s3)n(Cc3ccc(C(F)(F)F)cc3)c2cc1C. The molecule has 0 N–H and O–H groups in total. The molecule has 3 nitrogen and oxygen atoms in total. The third-order valence-electron chi connectivity index (χ3n) is 5.47. The zero-order valence-electron chi connectivity index (χ0n) is 16.9. The molecule has 0 saturated carbocycles. The van der Waals surface area contributed by atoms with Crippen molar-refractivity contribution in [1.29, 1.82) is 0 Å². The van der Waals surface area contributed by atoms with Gasteiger partial charge in [0.15, 0.2) is 10.8 Å². The van der Waals surface area contributed by atoms with Crippen LogP contribution in [0.15, 0.2) is 60.7 Å². The van der Waals surface area contributed by atoms with Crippen LogP contribution >= 0.6 is 11.3 Å². The molecule has 156 valence electrons. The first-order chi connectivity index (χ1) is 14.8. The Hall–Kier alpha value is -3.19. The zero-order valence-corrected chi connectivity index (χ0v) is 17.7. The van der Waals surface area contributed by atoms with E-state index in [4.69, 9.17) is 9.97 Å². The number of halogens is 3. The van der Waals surface area contributed by atoms with Crippen molar-refractivity contribution in [2.75, 3.05) is 0 Å². The Balaban J connectivity index is 1.66. The van der Waals surface area contributed by atoms with Gasteiger partial charge in [-0.2, -0.15) is 13.2 Å². The highest BCUT2D eigenvalue weighted by molar-refractivity contribution is 7.21. The minimum atomic E-state index is -4.35. The number of fused-ring (bicyclic) bond motifs is 2. The molecule has 3 aromatic carbocycles. The van der Waals surface area contributed by atoms with E-state index in [1.807, 2.05) is 48.7 Å². The van der Waals surface area contributed by atoms with Crippen LogP contribution in [0.5, 0.6) is 0 Å². The number of hydrogen-bond donors (Lipinski definition) is 0. The predicted molar refractivity (Wildman–Crippen MR) is 118 cm³/mol. The van der Waals surface area contributed by atoms with Gasteiger partial charge in [0.2, 0.25) is 0 Å². The number of rotatable bonds is 3. The summed E-state index contributed by atoms with van der Waals surface area (Å²) >= 11 is 1.56. The molecule has 0 atom stereocenters. The van der Waals surface area contributed by atoms with Gasteiger partial charge in [0.05, 0.1) is 26.8 Å². The average molecular weight is 437 g/mol. The maximum Gasteiger partial charge on any atom is 0.416 e. The van der Waals surface area contributed by atoms with Crippen molar-refractivity contribution in [1.82, 2.24) is 14.5 Å². The highest BCUT2D eigenvalue weighted by atomic mass is 32.1. The van der Waals surface area contributed by atoms with Gasteiger partial charge in [-0.05, 0) is 66.9 Å². The molecule has 31 heavy (non-hydrogen) atoms. The summed E-state index contributed by atoms with van der Waals surface area (Å²) in [5.74, 6) is 0.723. The van der Waals surface area contributed by atoms with Gasteiger partial charge in [0.1, 0.15) is 0 Å². The largest absolute Gasteiger partial charge is 0.416 e. The second-order valence-corrected chi connectivity index (χ2v) is 8.66. The van der Waals surface area contributed by atoms with Gasteiger partial charge < -0.3 is 4.57 Å². The van der Waals surface area contributed by atoms with E-state index in [-0.39, 0.29) is 0 Å². The maximum atomic E-state index is 13.0. The fraction of sp³-hybridized carbons (Fsp3) is 0.167. The van der Waals surface area contributed by atoms with Gasteiger partial charge >= 0.3 is 6.18 Å². The molecule has 0 amide bonds. The second kappa shape index (κ2) is 7.20. The number of para-hydroxylation sites is 1. The molecule has 5 aromatic rings. The minimum Gasteiger partial charge on any atom is -0.317 e. The summed E-state index contributed by atoms with van der Waals surface area (Å²) in [5, 5.41) is 0.791. The first-order valence-corrected chi connectivity index (χ1v) is 10.6. The number of imidazole rings is 1. The molecule has 0 radical (unpaired) electrons. The summed E-state index contributed by atoms with van der Waals surface area (Å²) in [6, 6.07) is 17.3. The van der Waals surface area contributed by atoms with Crippen LogP contribution in [0.4, 0.5) is 13.2 Å². The smallest absolute Gasteiger partial charge is 0.317 e. The second-order valence-electron chi connectivity index (χ2n) is 7.63. The van der Waals surface area contributed by atoms with E-state index >= 15 is 0 Å². The number of nitrogens with zero attached hydrogens (tertiary/aromatic N) is 3. The number of aromatic nitrogens is 3. The standard InChI is InChI=1S/C24H18F3N3S/c1-14-11-19-20(12-15(14)2)30(13-16-7-9-17(10-8-16)24(25,26)27)22(28-19)23-29-18-5-3-4-6-21(18)31-23/h3-12H,13H2,1-2H3. The van der Waals surface area contributed by atoms with Crippen molar-refractivity contribution in [3.8, 4) is 10.8 Å². The Kier molecular flexibility index (Phi) is 4.59. The van der Waals surface area contributed by atoms with E-state index in [0.717, 1.165) is 60.9 Å². The predicted octanol–water partition coefficient (Wildman–Crippen LogP) is 7.00. The van der Waals surface area contributed by atoms with Crippen LogP contribution < -0.4 is 0 Å². The molecule has 0 bridgehead atoms. The fourth-order valence-electron chi connectivity index (χ4n) is 3.65. The average Bonchev–Trinajstić information content (AvgIpc) is 3.30. The van der Waals surface area contributed by atoms with Crippen molar-refractivity contribution in [2.45, 2.75) is 26.6 Å². The molecule has 2 aromatic heterocycles. The first-order valence-electron chi connectivity index (χ1n) is 9.79. The van der Waals surface area contributed by atoms with E-state index < -0.39 is 11.7 Å². The van der Waals surface area contributed by atoms with E-state index in [0.29, 0.717) is 6.54 Å². The normalized spacial score (nSPS) is 12.2. The van der Waals surface area contributed by atoms with Crippen LogP contribution in [0.25, 0.3) is 32.1 Å². The molecule has 0 unspecified atom stereocenters. The summed E-state index contributed by atoms with van der Waals surface area (Å²) < 4.78 is 42.0. The van der Waals surface area contributed by atoms with Crippen LogP contribution in [0.3, 0.4) is 0 Å². The van der Waals surface area contributed by atoms with Crippen molar-refractivity contribution in [3.05, 3.63) is 82.9 Å². The van der Waals surface area contributed by atoms with E-state index in [1.165, 1.54) is 12.1 Å². The van der Waals surface area contributed by atoms with Gasteiger partial charge in [0.25, 0.3) is 0 Å². The molecule has 5 rings (SSSR count). The highest BCUT2D eigenvalue weighted by Gasteiger charge is 2.30. The Bertz CT molecular complexity index is 1380. The van der Waals surface area contributed by atoms with Gasteiger partial charge in [-0.3, -0.25) is 0 Å². The van der Waals surface area contributed by atoms with Gasteiger partial charge in [-0.25, -0.2) is 9.97 Å². The van der Waals surface area contributed by atoms with Gasteiger partial charge in [-0.15, -0.1) is 11.3 Å². The third kappa shape index (κ3) is 3.59. The molecule has 0 saturated heterocycles. The number of thiazole rings is 1. The van der Waals surface area contributed by atoms with E-state index in [1.54, 1.807) is 11.3 Å². The Labute approximate surface area is 180 Å². The zero-order chi connectivity index (χ0) is 21.8. The Morgan fingerprint density at radius 1 is 0.871 bits per heavy atom. The molecule has 7 heteroatoms. The molecular weight excluding hydrogens is 419 g/mol. The van der Waals surface area contributed by atoms with E-state index in [2.05, 4.69) is 6.07 Å². The molecule has 0 spiro atoms. The third-order valence-corrected chi connectivity index (χ3v) is 6.50. The van der Waals surface area contributed by atoms with Crippen molar-refractivity contribution in [2.24, 2.45) is 0 Å². The molecule has 0 aliphatic carbocycles. The van der Waals surface area contributed by atoms with Crippen LogP contribution in [0.2, 0.25) is 0 Å². The summed E-state index contributed by atoms with van der Waals surface area (Å²) in [5.41, 5.74) is 5.10. The summed E-state index contributed by atoms with van der Waals surface area (Å²) in [4.78, 5) is 9.62. The topological polar surface area (TPSA) is 30.7 Å². The quantitative estimate of drug-likeness (QED) is 0.304. The van der Waals surface area contributed by atoms with Crippen LogP contribution in [-0.4, -0.2) is 14.5 Å². The molecular formula is C24H18F3N3S. The van der Waals surface area contributed by atoms with Crippen molar-refractivity contribution in [3.63, 3.8) is 0 Å². The summed E-state index contributed by atoms with van der Waals surface area (Å²) in [7, 11) is 0. The molecule has 0 aliphatic heterocycles.